The summed E-state index contributed by atoms with van der Waals surface area (Å²) in [5, 5.41) is 12.0. The number of aromatic amines is 1. The second-order valence-corrected chi connectivity index (χ2v) is 18.6. The van der Waals surface area contributed by atoms with Gasteiger partial charge >= 0.3 is 5.69 Å². The standard InChI is InChI=1S/C37H46N2O8Si/c1-35(2,3)48(7,8)47-32-30(46-33(36(32,4)42)39-23-22-31(40)38-34(39)41)24-45-37(25-12-10-9-11-13-25,26-14-18-28(43-5)19-15-26)27-16-20-29(44-6)21-17-27/h9-23,30,32-33,42H,24H2,1-8H3,(H,38,40,41). The van der Waals surface area contributed by atoms with Crippen LogP contribution in [0.2, 0.25) is 18.1 Å². The first kappa shape index (κ1) is 35.3. The van der Waals surface area contributed by atoms with E-state index in [1.807, 2.05) is 78.9 Å². The van der Waals surface area contributed by atoms with Crippen LogP contribution in [0.15, 0.2) is 101 Å². The Kier molecular flexibility index (Phi) is 9.92. The summed E-state index contributed by atoms with van der Waals surface area (Å²) in [5.74, 6) is 1.39. The SMILES string of the molecule is COc1ccc(C(OCC2OC(n3ccc(=O)[nH]c3=O)C(C)(O)C2O[Si](C)(C)C(C)(C)C)(c2ccccc2)c2ccc(OC)cc2)cc1. The van der Waals surface area contributed by atoms with Gasteiger partial charge in [-0.2, -0.15) is 0 Å². The van der Waals surface area contributed by atoms with Gasteiger partial charge in [0.05, 0.1) is 20.8 Å². The number of ether oxygens (including phenoxy) is 4. The lowest BCUT2D eigenvalue weighted by Crippen LogP contribution is -2.55. The first-order chi connectivity index (χ1) is 22.6. The zero-order valence-electron chi connectivity index (χ0n) is 28.9. The van der Waals surface area contributed by atoms with E-state index in [1.54, 1.807) is 21.1 Å². The number of aromatic nitrogens is 2. The Bertz CT molecular complexity index is 1750. The van der Waals surface area contributed by atoms with Crippen molar-refractivity contribution < 1.29 is 28.5 Å². The molecule has 0 aliphatic carbocycles. The fraction of sp³-hybridized carbons (Fsp3) is 0.405. The van der Waals surface area contributed by atoms with E-state index in [0.717, 1.165) is 16.7 Å². The zero-order chi connectivity index (χ0) is 34.9. The summed E-state index contributed by atoms with van der Waals surface area (Å²) in [6.07, 6.45) is -1.55. The van der Waals surface area contributed by atoms with Crippen molar-refractivity contribution in [2.24, 2.45) is 0 Å². The van der Waals surface area contributed by atoms with Gasteiger partial charge in [0.15, 0.2) is 14.5 Å². The molecule has 1 aromatic heterocycles. The van der Waals surface area contributed by atoms with Gasteiger partial charge in [0.1, 0.15) is 34.9 Å². The fourth-order valence-electron chi connectivity index (χ4n) is 5.95. The molecule has 0 radical (unpaired) electrons. The molecular formula is C37H46N2O8Si. The van der Waals surface area contributed by atoms with Crippen molar-refractivity contribution >= 4 is 8.32 Å². The van der Waals surface area contributed by atoms with Gasteiger partial charge < -0.3 is 28.5 Å². The third kappa shape index (κ3) is 6.65. The third-order valence-electron chi connectivity index (χ3n) is 9.69. The van der Waals surface area contributed by atoms with Crippen molar-refractivity contribution in [3.8, 4) is 11.5 Å². The van der Waals surface area contributed by atoms with Crippen molar-refractivity contribution in [2.75, 3.05) is 20.8 Å². The number of H-pyrrole nitrogens is 1. The predicted octanol–water partition coefficient (Wildman–Crippen LogP) is 5.60. The summed E-state index contributed by atoms with van der Waals surface area (Å²) >= 11 is 0. The summed E-state index contributed by atoms with van der Waals surface area (Å²) < 4.78 is 32.8. The van der Waals surface area contributed by atoms with Crippen LogP contribution < -0.4 is 20.7 Å². The lowest BCUT2D eigenvalue weighted by Gasteiger charge is -2.43. The largest absolute Gasteiger partial charge is 0.497 e. The number of rotatable bonds is 11. The number of hydrogen-bond donors (Lipinski definition) is 2. The van der Waals surface area contributed by atoms with Gasteiger partial charge in [-0.1, -0.05) is 75.4 Å². The molecule has 0 saturated carbocycles. The highest BCUT2D eigenvalue weighted by Crippen LogP contribution is 2.47. The van der Waals surface area contributed by atoms with E-state index in [-0.39, 0.29) is 11.6 Å². The van der Waals surface area contributed by atoms with Gasteiger partial charge in [0, 0.05) is 12.3 Å². The summed E-state index contributed by atoms with van der Waals surface area (Å²) in [7, 11) is 0.731. The van der Waals surface area contributed by atoms with Gasteiger partial charge in [0.2, 0.25) is 0 Å². The zero-order valence-corrected chi connectivity index (χ0v) is 29.9. The molecule has 10 nitrogen and oxygen atoms in total. The first-order valence-corrected chi connectivity index (χ1v) is 18.9. The molecule has 5 rings (SSSR count). The normalized spacial score (nSPS) is 21.6. The first-order valence-electron chi connectivity index (χ1n) is 16.0. The highest BCUT2D eigenvalue weighted by molar-refractivity contribution is 6.74. The van der Waals surface area contributed by atoms with Crippen molar-refractivity contribution in [3.63, 3.8) is 0 Å². The van der Waals surface area contributed by atoms with Gasteiger partial charge in [-0.15, -0.1) is 0 Å². The predicted molar refractivity (Wildman–Crippen MR) is 186 cm³/mol. The topological polar surface area (TPSA) is 121 Å². The Labute approximate surface area is 282 Å². The monoisotopic (exact) mass is 674 g/mol. The average molecular weight is 675 g/mol. The Hall–Kier alpha value is -4.00. The van der Waals surface area contributed by atoms with Crippen molar-refractivity contribution in [2.45, 2.75) is 75.5 Å². The molecule has 4 aromatic rings. The molecule has 4 atom stereocenters. The van der Waals surface area contributed by atoms with Crippen LogP contribution in [0.5, 0.6) is 11.5 Å². The maximum absolute atomic E-state index is 13.0. The summed E-state index contributed by atoms with van der Waals surface area (Å²) in [6, 6.07) is 26.5. The minimum absolute atomic E-state index is 0.0308. The number of nitrogens with one attached hydrogen (secondary N) is 1. The molecule has 2 N–H and O–H groups in total. The van der Waals surface area contributed by atoms with Crippen LogP contribution in [-0.2, 0) is 19.5 Å². The third-order valence-corrected chi connectivity index (χ3v) is 14.1. The van der Waals surface area contributed by atoms with E-state index in [0.29, 0.717) is 11.5 Å². The minimum atomic E-state index is -2.51. The number of methoxy groups -OCH3 is 2. The molecule has 1 aliphatic rings. The molecule has 11 heteroatoms. The molecule has 1 fully saturated rings. The van der Waals surface area contributed by atoms with Crippen molar-refractivity contribution in [3.05, 3.63) is 129 Å². The van der Waals surface area contributed by atoms with Crippen LogP contribution in [0.3, 0.4) is 0 Å². The molecule has 0 bridgehead atoms. The molecule has 3 aromatic carbocycles. The number of benzene rings is 3. The lowest BCUT2D eigenvalue weighted by molar-refractivity contribution is -0.106. The summed E-state index contributed by atoms with van der Waals surface area (Å²) in [6.45, 7) is 12.1. The molecule has 256 valence electrons. The van der Waals surface area contributed by atoms with Gasteiger partial charge in [-0.25, -0.2) is 4.79 Å². The number of nitrogens with zero attached hydrogens (tertiary/aromatic N) is 1. The van der Waals surface area contributed by atoms with E-state index >= 15 is 0 Å². The second kappa shape index (κ2) is 13.5. The molecule has 1 saturated heterocycles. The van der Waals surface area contributed by atoms with Gasteiger partial charge in [-0.05, 0) is 66.0 Å². The number of aliphatic hydroxyl groups is 1. The fourth-order valence-corrected chi connectivity index (χ4v) is 7.33. The van der Waals surface area contributed by atoms with E-state index in [2.05, 4.69) is 38.8 Å². The van der Waals surface area contributed by atoms with Crippen LogP contribution >= 0.6 is 0 Å². The molecular weight excluding hydrogens is 628 g/mol. The van der Waals surface area contributed by atoms with E-state index in [1.165, 1.54) is 16.8 Å². The van der Waals surface area contributed by atoms with Crippen LogP contribution in [0.1, 0.15) is 50.6 Å². The van der Waals surface area contributed by atoms with Crippen LogP contribution in [0, 0.1) is 0 Å². The molecule has 4 unspecified atom stereocenters. The van der Waals surface area contributed by atoms with Crippen LogP contribution in [0.4, 0.5) is 0 Å². The highest BCUT2D eigenvalue weighted by Gasteiger charge is 2.58. The smallest absolute Gasteiger partial charge is 0.330 e. The van der Waals surface area contributed by atoms with Gasteiger partial charge in [0.25, 0.3) is 5.56 Å². The minimum Gasteiger partial charge on any atom is -0.497 e. The second-order valence-electron chi connectivity index (χ2n) is 13.9. The quantitative estimate of drug-likeness (QED) is 0.156. The summed E-state index contributed by atoms with van der Waals surface area (Å²) in [4.78, 5) is 27.2. The van der Waals surface area contributed by atoms with Crippen molar-refractivity contribution in [1.82, 2.24) is 9.55 Å². The number of hydrogen-bond acceptors (Lipinski definition) is 8. The summed E-state index contributed by atoms with van der Waals surface area (Å²) in [5.41, 5.74) is -1.55. The Morgan fingerprint density at radius 1 is 0.854 bits per heavy atom. The molecule has 1 aliphatic heterocycles. The molecule has 48 heavy (non-hydrogen) atoms. The Balaban J connectivity index is 1.65. The van der Waals surface area contributed by atoms with E-state index in [4.69, 9.17) is 23.4 Å². The maximum atomic E-state index is 13.0. The van der Waals surface area contributed by atoms with Crippen molar-refractivity contribution in [1.29, 1.82) is 0 Å². The lowest BCUT2D eigenvalue weighted by atomic mass is 9.80. The average Bonchev–Trinajstić information content (AvgIpc) is 3.30. The van der Waals surface area contributed by atoms with Crippen LogP contribution in [0.25, 0.3) is 0 Å². The Morgan fingerprint density at radius 2 is 1.38 bits per heavy atom. The molecule has 0 amide bonds. The van der Waals surface area contributed by atoms with Crippen LogP contribution in [-0.4, -0.2) is 61.6 Å². The Morgan fingerprint density at radius 3 is 1.85 bits per heavy atom. The van der Waals surface area contributed by atoms with E-state index < -0.39 is 49.2 Å². The maximum Gasteiger partial charge on any atom is 0.330 e. The highest BCUT2D eigenvalue weighted by atomic mass is 28.4. The molecule has 0 spiro atoms. The van der Waals surface area contributed by atoms with Gasteiger partial charge in [-0.3, -0.25) is 14.3 Å². The molecule has 2 heterocycles. The van der Waals surface area contributed by atoms with E-state index in [9.17, 15) is 14.7 Å².